The number of anilines is 2. The molecule has 3 heterocycles. The fraction of sp³-hybridized carbons (Fsp3) is 0.364. The van der Waals surface area contributed by atoms with Gasteiger partial charge in [0.15, 0.2) is 0 Å². The third-order valence-corrected chi connectivity index (χ3v) is 6.37. The minimum Gasteiger partial charge on any atom is -0.386 e. The summed E-state index contributed by atoms with van der Waals surface area (Å²) >= 11 is 1.44. The Morgan fingerprint density at radius 3 is 2.66 bits per heavy atom. The molecular weight excluding hydrogens is 382 g/mol. The van der Waals surface area contributed by atoms with Crippen LogP contribution < -0.4 is 20.9 Å². The van der Waals surface area contributed by atoms with Gasteiger partial charge in [-0.25, -0.2) is 4.98 Å². The summed E-state index contributed by atoms with van der Waals surface area (Å²) in [7, 11) is 1.85. The average molecular weight is 410 g/mol. The van der Waals surface area contributed by atoms with Crippen LogP contribution in [0.25, 0.3) is 10.2 Å². The number of aromatic nitrogens is 1. The fourth-order valence-electron chi connectivity index (χ4n) is 3.68. The van der Waals surface area contributed by atoms with Gasteiger partial charge in [0, 0.05) is 56.5 Å². The van der Waals surface area contributed by atoms with Gasteiger partial charge in [0.1, 0.15) is 9.71 Å². The Bertz CT molecular complexity index is 992. The molecule has 2 aromatic heterocycles. The van der Waals surface area contributed by atoms with E-state index in [4.69, 9.17) is 0 Å². The maximum atomic E-state index is 12.7. The summed E-state index contributed by atoms with van der Waals surface area (Å²) in [6.07, 6.45) is 0.810. The van der Waals surface area contributed by atoms with Crippen molar-refractivity contribution in [2.75, 3.05) is 50.0 Å². The number of aryl methyl sites for hydroxylation is 1. The van der Waals surface area contributed by atoms with Crippen LogP contribution in [0.5, 0.6) is 0 Å². The minimum atomic E-state index is -0.0487. The van der Waals surface area contributed by atoms with Crippen molar-refractivity contribution in [1.82, 2.24) is 15.6 Å². The molecule has 1 amide bonds. The van der Waals surface area contributed by atoms with E-state index >= 15 is 0 Å². The number of hydrogen-bond donors (Lipinski definition) is 3. The van der Waals surface area contributed by atoms with Gasteiger partial charge in [-0.15, -0.1) is 11.3 Å². The van der Waals surface area contributed by atoms with Crippen LogP contribution in [-0.2, 0) is 6.42 Å². The molecule has 152 valence electrons. The topological polar surface area (TPSA) is 69.3 Å². The Balaban J connectivity index is 1.37. The predicted molar refractivity (Wildman–Crippen MR) is 121 cm³/mol. The molecule has 1 saturated heterocycles. The number of carbonyl (C=O) groups excluding carboxylic acids is 1. The molecule has 7 heteroatoms. The number of fused-ring (bicyclic) bond motifs is 1. The Morgan fingerprint density at radius 2 is 1.93 bits per heavy atom. The highest BCUT2D eigenvalue weighted by molar-refractivity contribution is 7.21. The van der Waals surface area contributed by atoms with Gasteiger partial charge in [0.05, 0.1) is 5.69 Å². The van der Waals surface area contributed by atoms with Crippen LogP contribution in [0.1, 0.15) is 20.9 Å². The second-order valence-electron chi connectivity index (χ2n) is 7.27. The number of amides is 1. The van der Waals surface area contributed by atoms with E-state index in [0.717, 1.165) is 54.2 Å². The molecule has 4 rings (SSSR count). The quantitative estimate of drug-likeness (QED) is 0.584. The van der Waals surface area contributed by atoms with Gasteiger partial charge < -0.3 is 20.9 Å². The third-order valence-electron chi connectivity index (χ3n) is 5.27. The zero-order valence-electron chi connectivity index (χ0n) is 16.9. The molecule has 3 aromatic rings. The van der Waals surface area contributed by atoms with Crippen LogP contribution in [0.4, 0.5) is 11.4 Å². The van der Waals surface area contributed by atoms with Crippen molar-refractivity contribution in [1.29, 1.82) is 0 Å². The molecule has 0 aliphatic carbocycles. The number of carbonyl (C=O) groups is 1. The van der Waals surface area contributed by atoms with Crippen molar-refractivity contribution in [2.45, 2.75) is 13.3 Å². The second kappa shape index (κ2) is 8.80. The smallest absolute Gasteiger partial charge is 0.263 e. The Kier molecular flexibility index (Phi) is 5.97. The van der Waals surface area contributed by atoms with Gasteiger partial charge in [-0.3, -0.25) is 4.79 Å². The maximum absolute atomic E-state index is 12.7. The van der Waals surface area contributed by atoms with Crippen LogP contribution in [0.3, 0.4) is 0 Å². The molecule has 6 nitrogen and oxygen atoms in total. The molecule has 1 aliphatic heterocycles. The first-order valence-electron chi connectivity index (χ1n) is 10.1. The van der Waals surface area contributed by atoms with E-state index in [9.17, 15) is 4.79 Å². The van der Waals surface area contributed by atoms with E-state index in [1.807, 2.05) is 26.1 Å². The van der Waals surface area contributed by atoms with Gasteiger partial charge in [-0.05, 0) is 43.2 Å². The lowest BCUT2D eigenvalue weighted by atomic mass is 10.1. The number of thiophene rings is 1. The largest absolute Gasteiger partial charge is 0.386 e. The van der Waals surface area contributed by atoms with Gasteiger partial charge in [-0.2, -0.15) is 0 Å². The number of hydrogen-bond acceptors (Lipinski definition) is 6. The first-order chi connectivity index (χ1) is 14.2. The summed E-state index contributed by atoms with van der Waals surface area (Å²) in [6, 6.07) is 12.7. The van der Waals surface area contributed by atoms with E-state index in [1.54, 1.807) is 0 Å². The Labute approximate surface area is 175 Å². The minimum absolute atomic E-state index is 0.0487. The molecule has 0 atom stereocenters. The van der Waals surface area contributed by atoms with Crippen LogP contribution in [0, 0.1) is 6.92 Å². The highest BCUT2D eigenvalue weighted by Crippen LogP contribution is 2.34. The second-order valence-corrected chi connectivity index (χ2v) is 8.27. The predicted octanol–water partition coefficient (Wildman–Crippen LogP) is 3.03. The molecule has 3 N–H and O–H groups in total. The van der Waals surface area contributed by atoms with Gasteiger partial charge in [-0.1, -0.05) is 12.1 Å². The summed E-state index contributed by atoms with van der Waals surface area (Å²) in [5, 5.41) is 10.6. The fourth-order valence-corrected chi connectivity index (χ4v) is 4.82. The van der Waals surface area contributed by atoms with E-state index in [2.05, 4.69) is 50.1 Å². The molecular formula is C22H27N5OS. The molecule has 0 spiro atoms. The van der Waals surface area contributed by atoms with Crippen molar-refractivity contribution in [3.8, 4) is 0 Å². The monoisotopic (exact) mass is 409 g/mol. The molecule has 29 heavy (non-hydrogen) atoms. The van der Waals surface area contributed by atoms with Crippen LogP contribution >= 0.6 is 11.3 Å². The molecule has 1 aromatic carbocycles. The lowest BCUT2D eigenvalue weighted by Crippen LogP contribution is -2.43. The average Bonchev–Trinajstić information content (AvgIpc) is 3.12. The lowest BCUT2D eigenvalue weighted by Gasteiger charge is -2.29. The summed E-state index contributed by atoms with van der Waals surface area (Å²) in [5.74, 6) is -0.0487. The van der Waals surface area contributed by atoms with E-state index in [-0.39, 0.29) is 5.91 Å². The normalized spacial score (nSPS) is 14.2. The summed E-state index contributed by atoms with van der Waals surface area (Å²) in [6.45, 7) is 6.74. The van der Waals surface area contributed by atoms with Crippen molar-refractivity contribution in [3.63, 3.8) is 0 Å². The highest BCUT2D eigenvalue weighted by atomic mass is 32.1. The van der Waals surface area contributed by atoms with Crippen molar-refractivity contribution < 1.29 is 4.79 Å². The number of rotatable bonds is 6. The lowest BCUT2D eigenvalue weighted by molar-refractivity contribution is 0.0959. The third kappa shape index (κ3) is 4.36. The first kappa shape index (κ1) is 19.7. The van der Waals surface area contributed by atoms with Crippen LogP contribution in [-0.4, -0.2) is 50.7 Å². The standard InChI is InChI=1S/C22H27N5OS/c1-15-3-8-18-19(23-2)20(29-22(18)26-15)21(28)25-10-9-16-4-6-17(7-5-16)27-13-11-24-12-14-27/h3-8,23-24H,9-14H2,1-2H3,(H,25,28). The SMILES string of the molecule is CNc1c(C(=O)NCCc2ccc(N3CCNCC3)cc2)sc2nc(C)ccc12. The molecule has 0 saturated carbocycles. The van der Waals surface area contributed by atoms with Crippen molar-refractivity contribution in [2.24, 2.45) is 0 Å². The summed E-state index contributed by atoms with van der Waals surface area (Å²) < 4.78 is 0. The summed E-state index contributed by atoms with van der Waals surface area (Å²) in [5.41, 5.74) is 4.31. The first-order valence-corrected chi connectivity index (χ1v) is 10.9. The number of nitrogens with zero attached hydrogens (tertiary/aromatic N) is 2. The number of piperazine rings is 1. The molecule has 0 radical (unpaired) electrons. The van der Waals surface area contributed by atoms with Crippen molar-refractivity contribution in [3.05, 3.63) is 52.5 Å². The van der Waals surface area contributed by atoms with E-state index in [0.29, 0.717) is 11.4 Å². The van der Waals surface area contributed by atoms with Gasteiger partial charge >= 0.3 is 0 Å². The van der Waals surface area contributed by atoms with Gasteiger partial charge in [0.25, 0.3) is 5.91 Å². The van der Waals surface area contributed by atoms with Gasteiger partial charge in [0.2, 0.25) is 0 Å². The number of pyridine rings is 1. The zero-order valence-corrected chi connectivity index (χ0v) is 17.7. The number of benzene rings is 1. The molecule has 1 aliphatic rings. The molecule has 1 fully saturated rings. The Hall–Kier alpha value is -2.64. The highest BCUT2D eigenvalue weighted by Gasteiger charge is 2.18. The Morgan fingerprint density at radius 1 is 1.17 bits per heavy atom. The maximum Gasteiger partial charge on any atom is 0.263 e. The van der Waals surface area contributed by atoms with E-state index in [1.165, 1.54) is 22.6 Å². The number of nitrogens with one attached hydrogen (secondary N) is 3. The summed E-state index contributed by atoms with van der Waals surface area (Å²) in [4.78, 5) is 21.3. The van der Waals surface area contributed by atoms with Crippen molar-refractivity contribution >= 4 is 38.8 Å². The molecule has 0 bridgehead atoms. The van der Waals surface area contributed by atoms with E-state index < -0.39 is 0 Å². The molecule has 0 unspecified atom stereocenters. The van der Waals surface area contributed by atoms with Crippen LogP contribution in [0.2, 0.25) is 0 Å². The van der Waals surface area contributed by atoms with Crippen LogP contribution in [0.15, 0.2) is 36.4 Å². The zero-order chi connectivity index (χ0) is 20.2.